The fourth-order valence-electron chi connectivity index (χ4n) is 2.40. The van der Waals surface area contributed by atoms with Gasteiger partial charge in [-0.05, 0) is 50.5 Å². The van der Waals surface area contributed by atoms with Crippen LogP contribution in [0.1, 0.15) is 36.5 Å². The standard InChI is InChI=1S/C17H22N4O/c1-5-6-16(22)18-14-7-8-15(21-20-14)19-17-12(3)9-11(2)10-13(17)4/h7-10H,5-6H2,1-4H3,(H,19,21)(H,18,20,22). The highest BCUT2D eigenvalue weighted by atomic mass is 16.1. The SMILES string of the molecule is CCCC(=O)Nc1ccc(Nc2c(C)cc(C)cc2C)nn1. The van der Waals surface area contributed by atoms with Crippen LogP contribution in [-0.2, 0) is 4.79 Å². The lowest BCUT2D eigenvalue weighted by atomic mass is 10.1. The number of rotatable bonds is 5. The molecule has 0 aliphatic heterocycles. The second-order valence-corrected chi connectivity index (χ2v) is 5.50. The Morgan fingerprint density at radius 1 is 1.05 bits per heavy atom. The monoisotopic (exact) mass is 298 g/mol. The van der Waals surface area contributed by atoms with Gasteiger partial charge in [0.1, 0.15) is 0 Å². The van der Waals surface area contributed by atoms with Gasteiger partial charge in [-0.25, -0.2) is 0 Å². The van der Waals surface area contributed by atoms with E-state index in [1.54, 1.807) is 6.07 Å². The fourth-order valence-corrected chi connectivity index (χ4v) is 2.40. The second kappa shape index (κ2) is 7.02. The van der Waals surface area contributed by atoms with E-state index in [1.807, 2.05) is 13.0 Å². The Hall–Kier alpha value is -2.43. The summed E-state index contributed by atoms with van der Waals surface area (Å²) < 4.78 is 0. The topological polar surface area (TPSA) is 66.9 Å². The molecular weight excluding hydrogens is 276 g/mol. The minimum atomic E-state index is -0.0391. The minimum absolute atomic E-state index is 0.0391. The quantitative estimate of drug-likeness (QED) is 0.879. The number of aryl methyl sites for hydroxylation is 3. The van der Waals surface area contributed by atoms with Gasteiger partial charge in [-0.2, -0.15) is 0 Å². The number of carbonyl (C=O) groups excluding carboxylic acids is 1. The van der Waals surface area contributed by atoms with Crippen molar-refractivity contribution in [1.82, 2.24) is 10.2 Å². The molecule has 0 radical (unpaired) electrons. The number of anilines is 3. The highest BCUT2D eigenvalue weighted by Crippen LogP contribution is 2.25. The zero-order valence-corrected chi connectivity index (χ0v) is 13.5. The first-order valence-corrected chi connectivity index (χ1v) is 7.48. The van der Waals surface area contributed by atoms with Crippen LogP contribution >= 0.6 is 0 Å². The lowest BCUT2D eigenvalue weighted by Gasteiger charge is -2.13. The molecule has 0 unspecified atom stereocenters. The number of carbonyl (C=O) groups is 1. The predicted octanol–water partition coefficient (Wildman–Crippen LogP) is 3.88. The van der Waals surface area contributed by atoms with Gasteiger partial charge < -0.3 is 10.6 Å². The molecule has 2 rings (SSSR count). The van der Waals surface area contributed by atoms with Crippen molar-refractivity contribution in [2.75, 3.05) is 10.6 Å². The maximum Gasteiger partial charge on any atom is 0.225 e. The number of nitrogens with zero attached hydrogens (tertiary/aromatic N) is 2. The summed E-state index contributed by atoms with van der Waals surface area (Å²) in [6.07, 6.45) is 1.30. The molecule has 2 N–H and O–H groups in total. The molecule has 0 aliphatic carbocycles. The molecular formula is C17H22N4O. The van der Waals surface area contributed by atoms with Crippen molar-refractivity contribution in [3.63, 3.8) is 0 Å². The lowest BCUT2D eigenvalue weighted by molar-refractivity contribution is -0.116. The molecule has 0 aliphatic rings. The van der Waals surface area contributed by atoms with Gasteiger partial charge in [0.2, 0.25) is 5.91 Å². The van der Waals surface area contributed by atoms with E-state index in [9.17, 15) is 4.79 Å². The second-order valence-electron chi connectivity index (χ2n) is 5.50. The summed E-state index contributed by atoms with van der Waals surface area (Å²) in [6, 6.07) is 7.82. The van der Waals surface area contributed by atoms with Crippen LogP contribution < -0.4 is 10.6 Å². The average molecular weight is 298 g/mol. The zero-order chi connectivity index (χ0) is 16.1. The third-order valence-corrected chi connectivity index (χ3v) is 3.34. The summed E-state index contributed by atoms with van der Waals surface area (Å²) in [5, 5.41) is 14.2. The van der Waals surface area contributed by atoms with Crippen molar-refractivity contribution in [2.45, 2.75) is 40.5 Å². The van der Waals surface area contributed by atoms with E-state index < -0.39 is 0 Å². The van der Waals surface area contributed by atoms with E-state index >= 15 is 0 Å². The van der Waals surface area contributed by atoms with Crippen LogP contribution in [0.5, 0.6) is 0 Å². The first-order valence-electron chi connectivity index (χ1n) is 7.48. The molecule has 22 heavy (non-hydrogen) atoms. The Kier molecular flexibility index (Phi) is 5.09. The third-order valence-electron chi connectivity index (χ3n) is 3.34. The van der Waals surface area contributed by atoms with E-state index in [4.69, 9.17) is 0 Å². The molecule has 0 atom stereocenters. The van der Waals surface area contributed by atoms with Crippen molar-refractivity contribution in [3.05, 3.63) is 41.0 Å². The molecule has 0 spiro atoms. The summed E-state index contributed by atoms with van der Waals surface area (Å²) >= 11 is 0. The molecule has 5 heteroatoms. The van der Waals surface area contributed by atoms with Gasteiger partial charge in [-0.3, -0.25) is 4.79 Å². The van der Waals surface area contributed by atoms with Crippen LogP contribution in [0.4, 0.5) is 17.3 Å². The molecule has 2 aromatic rings. The van der Waals surface area contributed by atoms with E-state index in [0.717, 1.165) is 12.1 Å². The Morgan fingerprint density at radius 3 is 2.18 bits per heavy atom. The normalized spacial score (nSPS) is 10.4. The summed E-state index contributed by atoms with van der Waals surface area (Å²) in [5.74, 6) is 1.09. The van der Waals surface area contributed by atoms with E-state index in [2.05, 4.69) is 53.7 Å². The van der Waals surface area contributed by atoms with Crippen molar-refractivity contribution in [1.29, 1.82) is 0 Å². The molecule has 1 aromatic heterocycles. The van der Waals surface area contributed by atoms with E-state index in [0.29, 0.717) is 18.1 Å². The van der Waals surface area contributed by atoms with Gasteiger partial charge in [0.25, 0.3) is 0 Å². The Labute approximate surface area is 131 Å². The van der Waals surface area contributed by atoms with Crippen molar-refractivity contribution >= 4 is 23.2 Å². The van der Waals surface area contributed by atoms with Gasteiger partial charge in [0, 0.05) is 12.1 Å². The predicted molar refractivity (Wildman–Crippen MR) is 89.5 cm³/mol. The lowest BCUT2D eigenvalue weighted by Crippen LogP contribution is -2.12. The third kappa shape index (κ3) is 4.04. The number of hydrogen-bond donors (Lipinski definition) is 2. The molecule has 0 fully saturated rings. The summed E-state index contributed by atoms with van der Waals surface area (Å²) in [5.41, 5.74) is 4.61. The molecule has 116 valence electrons. The van der Waals surface area contributed by atoms with Crippen LogP contribution in [0.25, 0.3) is 0 Å². The van der Waals surface area contributed by atoms with Gasteiger partial charge in [0.05, 0.1) is 0 Å². The smallest absolute Gasteiger partial charge is 0.225 e. The highest BCUT2D eigenvalue weighted by Gasteiger charge is 2.06. The summed E-state index contributed by atoms with van der Waals surface area (Å²) in [7, 11) is 0. The number of nitrogens with one attached hydrogen (secondary N) is 2. The van der Waals surface area contributed by atoms with Crippen molar-refractivity contribution < 1.29 is 4.79 Å². The Balaban J connectivity index is 2.10. The van der Waals surface area contributed by atoms with Gasteiger partial charge in [-0.1, -0.05) is 24.6 Å². The van der Waals surface area contributed by atoms with Crippen LogP contribution in [0.3, 0.4) is 0 Å². The molecule has 1 aromatic carbocycles. The molecule has 1 heterocycles. The number of benzene rings is 1. The van der Waals surface area contributed by atoms with Crippen LogP contribution in [-0.4, -0.2) is 16.1 Å². The Morgan fingerprint density at radius 2 is 1.64 bits per heavy atom. The molecule has 0 saturated carbocycles. The van der Waals surface area contributed by atoms with E-state index in [-0.39, 0.29) is 5.91 Å². The highest BCUT2D eigenvalue weighted by molar-refractivity contribution is 5.89. The Bertz CT molecular complexity index is 642. The van der Waals surface area contributed by atoms with Gasteiger partial charge in [-0.15, -0.1) is 10.2 Å². The van der Waals surface area contributed by atoms with E-state index in [1.165, 1.54) is 16.7 Å². The molecule has 5 nitrogen and oxygen atoms in total. The molecule has 1 amide bonds. The summed E-state index contributed by atoms with van der Waals surface area (Å²) in [4.78, 5) is 11.5. The first kappa shape index (κ1) is 15.9. The van der Waals surface area contributed by atoms with Crippen molar-refractivity contribution in [3.8, 4) is 0 Å². The maximum atomic E-state index is 11.5. The minimum Gasteiger partial charge on any atom is -0.338 e. The number of hydrogen-bond acceptors (Lipinski definition) is 4. The zero-order valence-electron chi connectivity index (χ0n) is 13.5. The van der Waals surface area contributed by atoms with Gasteiger partial charge in [0.15, 0.2) is 11.6 Å². The summed E-state index contributed by atoms with van der Waals surface area (Å²) in [6.45, 7) is 8.17. The largest absolute Gasteiger partial charge is 0.338 e. The van der Waals surface area contributed by atoms with Crippen LogP contribution in [0.15, 0.2) is 24.3 Å². The van der Waals surface area contributed by atoms with Crippen LogP contribution in [0.2, 0.25) is 0 Å². The molecule has 0 saturated heterocycles. The number of aromatic nitrogens is 2. The molecule has 0 bridgehead atoms. The van der Waals surface area contributed by atoms with Gasteiger partial charge >= 0.3 is 0 Å². The first-order chi connectivity index (χ1) is 10.5. The number of amides is 1. The average Bonchev–Trinajstić information content (AvgIpc) is 2.45. The van der Waals surface area contributed by atoms with Crippen LogP contribution in [0, 0.1) is 20.8 Å². The van der Waals surface area contributed by atoms with Crippen molar-refractivity contribution in [2.24, 2.45) is 0 Å². The fraction of sp³-hybridized carbons (Fsp3) is 0.353. The maximum absolute atomic E-state index is 11.5.